The Morgan fingerprint density at radius 1 is 1.36 bits per heavy atom. The lowest BCUT2D eigenvalue weighted by Crippen LogP contribution is -2.14. The van der Waals surface area contributed by atoms with Crippen LogP contribution in [0.5, 0.6) is 5.88 Å². The molecular formula is C15H16N2O4S. The van der Waals surface area contributed by atoms with Gasteiger partial charge in [0, 0.05) is 6.04 Å². The molecule has 1 N–H and O–H groups in total. The van der Waals surface area contributed by atoms with Gasteiger partial charge in [0.15, 0.2) is 0 Å². The number of rotatable bonds is 4. The lowest BCUT2D eigenvalue weighted by atomic mass is 10.2. The zero-order chi connectivity index (χ0) is 16.3. The molecule has 0 aliphatic carbocycles. The summed E-state index contributed by atoms with van der Waals surface area (Å²) in [5, 5.41) is 10.0. The first kappa shape index (κ1) is 16.0. The Labute approximate surface area is 131 Å². The van der Waals surface area contributed by atoms with E-state index in [2.05, 4.69) is 9.73 Å². The summed E-state index contributed by atoms with van der Waals surface area (Å²) < 4.78 is 5.93. The van der Waals surface area contributed by atoms with Gasteiger partial charge in [-0.2, -0.15) is 0 Å². The maximum absolute atomic E-state index is 11.8. The van der Waals surface area contributed by atoms with E-state index in [0.29, 0.717) is 16.1 Å². The van der Waals surface area contributed by atoms with Crippen molar-refractivity contribution in [1.29, 1.82) is 0 Å². The van der Waals surface area contributed by atoms with Crippen molar-refractivity contribution in [2.24, 2.45) is 4.99 Å². The monoisotopic (exact) mass is 320 g/mol. The van der Waals surface area contributed by atoms with E-state index in [1.54, 1.807) is 24.3 Å². The molecule has 0 bridgehead atoms. The number of hydrogen-bond acceptors (Lipinski definition) is 6. The third-order valence-electron chi connectivity index (χ3n) is 2.98. The highest BCUT2D eigenvalue weighted by Gasteiger charge is 2.14. The highest BCUT2D eigenvalue weighted by Crippen LogP contribution is 2.22. The second-order valence-corrected chi connectivity index (χ2v) is 5.81. The van der Waals surface area contributed by atoms with Gasteiger partial charge in [-0.3, -0.25) is 14.4 Å². The second-order valence-electron chi connectivity index (χ2n) is 4.82. The normalized spacial score (nSPS) is 11.3. The minimum Gasteiger partial charge on any atom is -0.493 e. The van der Waals surface area contributed by atoms with Crippen LogP contribution in [0.15, 0.2) is 34.1 Å². The van der Waals surface area contributed by atoms with Crippen molar-refractivity contribution in [1.82, 2.24) is 4.57 Å². The molecule has 0 radical (unpaired) electrons. The largest absolute Gasteiger partial charge is 0.493 e. The minimum atomic E-state index is -0.416. The summed E-state index contributed by atoms with van der Waals surface area (Å²) in [6.45, 7) is 3.64. The standard InChI is InChI=1S/C15H16N2O4S/c1-9(2)17-13(18)12(22-15(17)20)8-16-11-6-4-10(5-7-11)14(19)21-3/h4-9,18H,1-3H3. The Balaban J connectivity index is 2.24. The van der Waals surface area contributed by atoms with Crippen LogP contribution in [0.1, 0.15) is 35.1 Å². The van der Waals surface area contributed by atoms with Gasteiger partial charge < -0.3 is 9.84 Å². The predicted molar refractivity (Wildman–Crippen MR) is 85.7 cm³/mol. The first-order valence-electron chi connectivity index (χ1n) is 6.60. The van der Waals surface area contributed by atoms with Crippen LogP contribution in [0.2, 0.25) is 0 Å². The molecule has 0 unspecified atom stereocenters. The van der Waals surface area contributed by atoms with E-state index in [9.17, 15) is 14.7 Å². The van der Waals surface area contributed by atoms with Crippen LogP contribution in [0.25, 0.3) is 0 Å². The molecule has 1 heterocycles. The number of methoxy groups -OCH3 is 1. The van der Waals surface area contributed by atoms with Gasteiger partial charge in [0.2, 0.25) is 5.88 Å². The summed E-state index contributed by atoms with van der Waals surface area (Å²) in [4.78, 5) is 27.5. The number of benzene rings is 1. The summed E-state index contributed by atoms with van der Waals surface area (Å²) in [5.74, 6) is -0.500. The summed E-state index contributed by atoms with van der Waals surface area (Å²) in [6.07, 6.45) is 1.44. The van der Waals surface area contributed by atoms with Crippen LogP contribution < -0.4 is 4.87 Å². The van der Waals surface area contributed by atoms with E-state index in [0.717, 1.165) is 11.3 Å². The van der Waals surface area contributed by atoms with Gasteiger partial charge in [-0.1, -0.05) is 11.3 Å². The van der Waals surface area contributed by atoms with Crippen molar-refractivity contribution in [2.45, 2.75) is 19.9 Å². The Morgan fingerprint density at radius 2 is 2.00 bits per heavy atom. The molecule has 7 heteroatoms. The number of carbonyl (C=O) groups is 1. The van der Waals surface area contributed by atoms with Crippen LogP contribution in [0.3, 0.4) is 0 Å². The van der Waals surface area contributed by atoms with E-state index in [1.165, 1.54) is 17.9 Å². The number of ether oxygens (including phenoxy) is 1. The highest BCUT2D eigenvalue weighted by molar-refractivity contribution is 7.11. The van der Waals surface area contributed by atoms with E-state index >= 15 is 0 Å². The SMILES string of the molecule is COC(=O)c1ccc(N=Cc2sc(=O)n(C(C)C)c2O)cc1. The second kappa shape index (κ2) is 6.57. The molecule has 0 fully saturated rings. The molecule has 2 rings (SSSR count). The van der Waals surface area contributed by atoms with Crippen LogP contribution in [-0.2, 0) is 4.74 Å². The summed E-state index contributed by atoms with van der Waals surface area (Å²) in [6, 6.07) is 6.38. The number of nitrogens with zero attached hydrogens (tertiary/aromatic N) is 2. The van der Waals surface area contributed by atoms with Gasteiger partial charge in [-0.15, -0.1) is 0 Å². The predicted octanol–water partition coefficient (Wildman–Crippen LogP) is 2.73. The van der Waals surface area contributed by atoms with E-state index < -0.39 is 5.97 Å². The Kier molecular flexibility index (Phi) is 4.77. The molecule has 0 saturated heterocycles. The number of aromatic nitrogens is 1. The number of aromatic hydroxyl groups is 1. The lowest BCUT2D eigenvalue weighted by molar-refractivity contribution is 0.0601. The molecule has 2 aromatic rings. The van der Waals surface area contributed by atoms with Gasteiger partial charge >= 0.3 is 10.8 Å². The quantitative estimate of drug-likeness (QED) is 0.694. The number of carbonyl (C=O) groups excluding carboxylic acids is 1. The van der Waals surface area contributed by atoms with Crippen molar-refractivity contribution < 1.29 is 14.6 Å². The van der Waals surface area contributed by atoms with Gasteiger partial charge in [0.05, 0.1) is 24.6 Å². The first-order valence-corrected chi connectivity index (χ1v) is 7.42. The molecule has 0 amide bonds. The molecule has 0 saturated carbocycles. The molecular weight excluding hydrogens is 304 g/mol. The fraction of sp³-hybridized carbons (Fsp3) is 0.267. The summed E-state index contributed by atoms with van der Waals surface area (Å²) in [7, 11) is 1.32. The Morgan fingerprint density at radius 3 is 2.50 bits per heavy atom. The molecule has 0 atom stereocenters. The van der Waals surface area contributed by atoms with Gasteiger partial charge in [0.1, 0.15) is 4.88 Å². The zero-order valence-corrected chi connectivity index (χ0v) is 13.3. The number of esters is 1. The fourth-order valence-corrected chi connectivity index (χ4v) is 2.75. The Bertz CT molecular complexity index is 757. The Hall–Kier alpha value is -2.41. The van der Waals surface area contributed by atoms with Crippen molar-refractivity contribution in [2.75, 3.05) is 7.11 Å². The van der Waals surface area contributed by atoms with E-state index in [1.807, 2.05) is 13.8 Å². The molecule has 0 aliphatic heterocycles. The molecule has 1 aromatic heterocycles. The van der Waals surface area contributed by atoms with Crippen LogP contribution >= 0.6 is 11.3 Å². The van der Waals surface area contributed by atoms with Crippen LogP contribution in [0.4, 0.5) is 5.69 Å². The van der Waals surface area contributed by atoms with Crippen LogP contribution in [-0.4, -0.2) is 29.0 Å². The summed E-state index contributed by atoms with van der Waals surface area (Å²) >= 11 is 0.934. The number of thiazole rings is 1. The lowest BCUT2D eigenvalue weighted by Gasteiger charge is -2.05. The first-order chi connectivity index (χ1) is 10.4. The summed E-state index contributed by atoms with van der Waals surface area (Å²) in [5.41, 5.74) is 1.03. The van der Waals surface area contributed by atoms with E-state index in [-0.39, 0.29) is 16.8 Å². The molecule has 0 aliphatic rings. The average molecular weight is 320 g/mol. The van der Waals surface area contributed by atoms with Crippen molar-refractivity contribution in [3.63, 3.8) is 0 Å². The van der Waals surface area contributed by atoms with Crippen molar-refractivity contribution >= 4 is 29.2 Å². The van der Waals surface area contributed by atoms with Gasteiger partial charge in [-0.25, -0.2) is 4.79 Å². The smallest absolute Gasteiger partial charge is 0.337 e. The van der Waals surface area contributed by atoms with Gasteiger partial charge in [-0.05, 0) is 38.1 Å². The van der Waals surface area contributed by atoms with Gasteiger partial charge in [0.25, 0.3) is 0 Å². The molecule has 0 spiro atoms. The zero-order valence-electron chi connectivity index (χ0n) is 12.4. The number of hydrogen-bond donors (Lipinski definition) is 1. The minimum absolute atomic E-state index is 0.0834. The maximum Gasteiger partial charge on any atom is 0.337 e. The van der Waals surface area contributed by atoms with E-state index in [4.69, 9.17) is 0 Å². The molecule has 1 aromatic carbocycles. The highest BCUT2D eigenvalue weighted by atomic mass is 32.1. The molecule has 6 nitrogen and oxygen atoms in total. The fourth-order valence-electron chi connectivity index (χ4n) is 1.87. The topological polar surface area (TPSA) is 80.9 Å². The third-order valence-corrected chi connectivity index (χ3v) is 3.86. The van der Waals surface area contributed by atoms with Crippen molar-refractivity contribution in [3.8, 4) is 5.88 Å². The van der Waals surface area contributed by atoms with Crippen LogP contribution in [0, 0.1) is 0 Å². The maximum atomic E-state index is 11.8. The number of aliphatic imine (C=N–C) groups is 1. The third kappa shape index (κ3) is 3.25. The van der Waals surface area contributed by atoms with Crippen molar-refractivity contribution in [3.05, 3.63) is 44.4 Å². The molecule has 22 heavy (non-hydrogen) atoms. The molecule has 116 valence electrons. The average Bonchev–Trinajstić information content (AvgIpc) is 2.79.